The van der Waals surface area contributed by atoms with E-state index in [-0.39, 0.29) is 31.1 Å². The van der Waals surface area contributed by atoms with Crippen molar-refractivity contribution in [2.45, 2.75) is 232 Å². The van der Waals surface area contributed by atoms with Crippen LogP contribution in [0.25, 0.3) is 0 Å². The highest BCUT2D eigenvalue weighted by molar-refractivity contribution is 5.71. The maximum absolute atomic E-state index is 12.7. The van der Waals surface area contributed by atoms with Crippen LogP contribution < -0.4 is 0 Å². The van der Waals surface area contributed by atoms with Crippen molar-refractivity contribution in [3.05, 3.63) is 72.9 Å². The van der Waals surface area contributed by atoms with Crippen LogP contribution in [-0.4, -0.2) is 37.2 Å². The van der Waals surface area contributed by atoms with Crippen molar-refractivity contribution < 1.29 is 28.6 Å². The summed E-state index contributed by atoms with van der Waals surface area (Å²) in [6.07, 6.45) is 58.8. The highest BCUT2D eigenvalue weighted by atomic mass is 16.6. The van der Waals surface area contributed by atoms with E-state index < -0.39 is 6.10 Å². The predicted octanol–water partition coefficient (Wildman–Crippen LogP) is 15.9. The molecule has 6 heteroatoms. The fraction of sp³-hybridized carbons (Fsp3) is 0.717. The minimum absolute atomic E-state index is 0.0894. The largest absolute Gasteiger partial charge is 0.462 e. The van der Waals surface area contributed by atoms with Crippen molar-refractivity contribution in [1.82, 2.24) is 0 Å². The van der Waals surface area contributed by atoms with E-state index in [9.17, 15) is 14.4 Å². The number of esters is 3. The van der Waals surface area contributed by atoms with Gasteiger partial charge in [-0.1, -0.05) is 222 Å². The molecule has 0 aromatic heterocycles. The third kappa shape index (κ3) is 45.8. The molecule has 0 amide bonds. The van der Waals surface area contributed by atoms with Gasteiger partial charge in [0.1, 0.15) is 13.2 Å². The van der Waals surface area contributed by atoms with Crippen LogP contribution >= 0.6 is 0 Å². The first-order valence-electron chi connectivity index (χ1n) is 24.5. The van der Waals surface area contributed by atoms with Gasteiger partial charge >= 0.3 is 17.9 Å². The molecule has 0 aromatic carbocycles. The summed E-state index contributed by atoms with van der Waals surface area (Å²) in [5.74, 6) is -0.931. The van der Waals surface area contributed by atoms with Gasteiger partial charge in [0.15, 0.2) is 6.10 Å². The SMILES string of the molecule is CC/C=C/C=C/C=C/CCCCCCCC(=O)OCC(COC(=O)CCCCCCCCCCCCCCCCC)OC(=O)CCCCCCC/C=C/C=C/C=C/CC. The Morgan fingerprint density at radius 3 is 1.02 bits per heavy atom. The molecule has 0 spiro atoms. The molecule has 59 heavy (non-hydrogen) atoms. The average molecular weight is 823 g/mol. The zero-order valence-corrected chi connectivity index (χ0v) is 38.5. The molecule has 1 unspecified atom stereocenters. The highest BCUT2D eigenvalue weighted by Crippen LogP contribution is 2.15. The van der Waals surface area contributed by atoms with Gasteiger partial charge in [0.25, 0.3) is 0 Å². The van der Waals surface area contributed by atoms with E-state index in [0.717, 1.165) is 109 Å². The van der Waals surface area contributed by atoms with Gasteiger partial charge in [-0.25, -0.2) is 0 Å². The second-order valence-corrected chi connectivity index (χ2v) is 16.1. The number of rotatable bonds is 43. The molecule has 0 saturated heterocycles. The fourth-order valence-electron chi connectivity index (χ4n) is 6.68. The van der Waals surface area contributed by atoms with Crippen molar-refractivity contribution in [2.24, 2.45) is 0 Å². The smallest absolute Gasteiger partial charge is 0.306 e. The number of ether oxygens (including phenoxy) is 3. The molecule has 0 aliphatic carbocycles. The van der Waals surface area contributed by atoms with Gasteiger partial charge in [0.05, 0.1) is 0 Å². The molecule has 0 aliphatic rings. The van der Waals surface area contributed by atoms with E-state index in [1.807, 2.05) is 0 Å². The summed E-state index contributed by atoms with van der Waals surface area (Å²) in [6, 6.07) is 0. The molecule has 0 fully saturated rings. The molecule has 0 saturated carbocycles. The monoisotopic (exact) mass is 823 g/mol. The third-order valence-corrected chi connectivity index (χ3v) is 10.3. The maximum atomic E-state index is 12.7. The van der Waals surface area contributed by atoms with Crippen LogP contribution in [0.1, 0.15) is 226 Å². The van der Waals surface area contributed by atoms with E-state index in [2.05, 4.69) is 93.7 Å². The van der Waals surface area contributed by atoms with Crippen LogP contribution in [0.4, 0.5) is 0 Å². The predicted molar refractivity (Wildman–Crippen MR) is 251 cm³/mol. The Balaban J connectivity index is 4.42. The van der Waals surface area contributed by atoms with Crippen LogP contribution in [0.2, 0.25) is 0 Å². The first-order chi connectivity index (χ1) is 29.0. The number of hydrogen-bond donors (Lipinski definition) is 0. The molecule has 6 nitrogen and oxygen atoms in total. The molecule has 0 radical (unpaired) electrons. The summed E-state index contributed by atoms with van der Waals surface area (Å²) >= 11 is 0. The Hall–Kier alpha value is -3.15. The molecular weight excluding hydrogens is 733 g/mol. The fourth-order valence-corrected chi connectivity index (χ4v) is 6.68. The van der Waals surface area contributed by atoms with E-state index >= 15 is 0 Å². The van der Waals surface area contributed by atoms with Crippen molar-refractivity contribution in [3.8, 4) is 0 Å². The third-order valence-electron chi connectivity index (χ3n) is 10.3. The Morgan fingerprint density at radius 2 is 0.661 bits per heavy atom. The van der Waals surface area contributed by atoms with Gasteiger partial charge in [0.2, 0.25) is 0 Å². The summed E-state index contributed by atoms with van der Waals surface area (Å²) in [7, 11) is 0. The van der Waals surface area contributed by atoms with Crippen molar-refractivity contribution in [1.29, 1.82) is 0 Å². The number of unbranched alkanes of at least 4 members (excludes halogenated alkanes) is 24. The van der Waals surface area contributed by atoms with Crippen LogP contribution in [0.3, 0.4) is 0 Å². The molecule has 0 heterocycles. The van der Waals surface area contributed by atoms with E-state index in [4.69, 9.17) is 14.2 Å². The molecule has 0 rings (SSSR count). The lowest BCUT2D eigenvalue weighted by molar-refractivity contribution is -0.167. The van der Waals surface area contributed by atoms with Crippen LogP contribution in [0.15, 0.2) is 72.9 Å². The van der Waals surface area contributed by atoms with Gasteiger partial charge in [0, 0.05) is 19.3 Å². The summed E-state index contributed by atoms with van der Waals surface area (Å²) < 4.78 is 16.7. The normalized spacial score (nSPS) is 12.7. The number of carbonyl (C=O) groups excluding carboxylic acids is 3. The van der Waals surface area contributed by atoms with Crippen molar-refractivity contribution in [2.75, 3.05) is 13.2 Å². The maximum Gasteiger partial charge on any atom is 0.306 e. The summed E-state index contributed by atoms with van der Waals surface area (Å²) in [5, 5.41) is 0. The standard InChI is InChI=1S/C53H90O6/c1-4-7-10-13-16-19-22-25-26-29-31-34-37-40-43-46-52(55)58-49-50(59-53(56)47-44-41-38-35-32-28-24-21-18-15-12-9-6-3)48-57-51(54)45-42-39-36-33-30-27-23-20-17-14-11-8-5-2/h8-9,11-12,14-15,17-18,20-21,23-24,50H,4-7,10,13,16,19,22,25-49H2,1-3H3/b11-8+,12-9+,17-14+,18-15+,23-20+,24-21+. The first-order valence-corrected chi connectivity index (χ1v) is 24.5. The molecule has 0 N–H and O–H groups in total. The van der Waals surface area contributed by atoms with E-state index in [0.29, 0.717) is 19.3 Å². The Bertz CT molecular complexity index is 1130. The molecule has 1 atom stereocenters. The Labute approximate surface area is 363 Å². The molecule has 0 aromatic rings. The van der Waals surface area contributed by atoms with Crippen LogP contribution in [0.5, 0.6) is 0 Å². The second kappa shape index (κ2) is 47.5. The van der Waals surface area contributed by atoms with Gasteiger partial charge in [-0.2, -0.15) is 0 Å². The molecule has 0 aliphatic heterocycles. The highest BCUT2D eigenvalue weighted by Gasteiger charge is 2.19. The van der Waals surface area contributed by atoms with Crippen LogP contribution in [0, 0.1) is 0 Å². The van der Waals surface area contributed by atoms with Crippen molar-refractivity contribution in [3.63, 3.8) is 0 Å². The minimum Gasteiger partial charge on any atom is -0.462 e. The van der Waals surface area contributed by atoms with E-state index in [1.165, 1.54) is 77.0 Å². The molecular formula is C53H90O6. The average Bonchev–Trinajstić information content (AvgIpc) is 3.23. The zero-order valence-electron chi connectivity index (χ0n) is 38.5. The topological polar surface area (TPSA) is 78.9 Å². The van der Waals surface area contributed by atoms with Gasteiger partial charge in [-0.3, -0.25) is 14.4 Å². The lowest BCUT2D eigenvalue weighted by Gasteiger charge is -2.18. The lowest BCUT2D eigenvalue weighted by atomic mass is 10.0. The van der Waals surface area contributed by atoms with Crippen molar-refractivity contribution >= 4 is 17.9 Å². The van der Waals surface area contributed by atoms with Crippen LogP contribution in [-0.2, 0) is 28.6 Å². The molecule has 0 bridgehead atoms. The quantitative estimate of drug-likeness (QED) is 0.0264. The number of carbonyl (C=O) groups is 3. The van der Waals surface area contributed by atoms with Gasteiger partial charge in [-0.15, -0.1) is 0 Å². The summed E-state index contributed by atoms with van der Waals surface area (Å²) in [5.41, 5.74) is 0. The zero-order chi connectivity index (χ0) is 43.0. The summed E-state index contributed by atoms with van der Waals surface area (Å²) in [4.78, 5) is 37.9. The minimum atomic E-state index is -0.791. The second-order valence-electron chi connectivity index (χ2n) is 16.1. The Morgan fingerprint density at radius 1 is 0.356 bits per heavy atom. The van der Waals surface area contributed by atoms with Gasteiger partial charge < -0.3 is 14.2 Å². The number of hydrogen-bond acceptors (Lipinski definition) is 6. The number of allylic oxidation sites excluding steroid dienone is 12. The Kier molecular flexibility index (Phi) is 45.0. The lowest BCUT2D eigenvalue weighted by Crippen LogP contribution is -2.30. The van der Waals surface area contributed by atoms with Gasteiger partial charge in [-0.05, 0) is 57.8 Å². The van der Waals surface area contributed by atoms with E-state index in [1.54, 1.807) is 0 Å². The molecule has 338 valence electrons. The summed E-state index contributed by atoms with van der Waals surface area (Å²) in [6.45, 7) is 6.34. The first kappa shape index (κ1) is 55.9.